The molecule has 1 saturated heterocycles. The zero-order chi connectivity index (χ0) is 33.1. The quantitative estimate of drug-likeness (QED) is 0.240. The number of hydrogen-bond acceptors (Lipinski definition) is 9. The van der Waals surface area contributed by atoms with Gasteiger partial charge in [-0.05, 0) is 43.7 Å². The molecule has 0 spiro atoms. The molecule has 0 N–H and O–H groups in total. The largest absolute Gasteiger partial charge is 0.497 e. The monoisotopic (exact) mass is 658 g/mol. The number of thiazole rings is 1. The fourth-order valence-electron chi connectivity index (χ4n) is 6.19. The maximum Gasteiger partial charge on any atom is 0.338 e. The van der Waals surface area contributed by atoms with Crippen molar-refractivity contribution < 1.29 is 28.5 Å². The van der Waals surface area contributed by atoms with E-state index in [2.05, 4.69) is 0 Å². The Hall–Kier alpha value is -4.68. The van der Waals surface area contributed by atoms with Gasteiger partial charge >= 0.3 is 5.97 Å². The first-order chi connectivity index (χ1) is 22.9. The number of carbonyl (C=O) groups is 2. The Morgan fingerprint density at radius 1 is 1.09 bits per heavy atom. The third kappa shape index (κ3) is 6.22. The molecule has 246 valence electrons. The number of methoxy groups -OCH3 is 2. The first-order valence-electron chi connectivity index (χ1n) is 15.8. The second kappa shape index (κ2) is 14.0. The molecule has 12 heteroatoms. The van der Waals surface area contributed by atoms with E-state index in [1.807, 2.05) is 52.9 Å². The van der Waals surface area contributed by atoms with E-state index in [0.717, 1.165) is 22.9 Å². The maximum absolute atomic E-state index is 14.4. The van der Waals surface area contributed by atoms with Crippen LogP contribution in [0, 0.1) is 0 Å². The topological polar surface area (TPSA) is 114 Å². The van der Waals surface area contributed by atoms with Crippen LogP contribution >= 0.6 is 11.3 Å². The molecule has 11 nitrogen and oxygen atoms in total. The summed E-state index contributed by atoms with van der Waals surface area (Å²) in [5, 5.41) is 0.915. The first kappa shape index (κ1) is 32.3. The summed E-state index contributed by atoms with van der Waals surface area (Å²) in [6.45, 7) is 6.31. The summed E-state index contributed by atoms with van der Waals surface area (Å²) < 4.78 is 26.2. The number of ether oxygens (including phenoxy) is 4. The average Bonchev–Trinajstić information content (AvgIpc) is 3.60. The first-order valence-corrected chi connectivity index (χ1v) is 16.6. The molecular weight excluding hydrogens is 620 g/mol. The number of morpholine rings is 1. The highest BCUT2D eigenvalue weighted by Gasteiger charge is 2.36. The minimum absolute atomic E-state index is 0.0159. The highest BCUT2D eigenvalue weighted by Crippen LogP contribution is 2.38. The molecular formula is C35H38N4O7S. The summed E-state index contributed by atoms with van der Waals surface area (Å²) in [6, 6.07) is 12.3. The van der Waals surface area contributed by atoms with Crippen molar-refractivity contribution in [3.63, 3.8) is 0 Å². The van der Waals surface area contributed by atoms with Crippen molar-refractivity contribution in [3.05, 3.63) is 90.7 Å². The van der Waals surface area contributed by atoms with Crippen LogP contribution in [0.25, 0.3) is 17.0 Å². The van der Waals surface area contributed by atoms with Gasteiger partial charge in [-0.1, -0.05) is 42.9 Å². The van der Waals surface area contributed by atoms with Gasteiger partial charge < -0.3 is 28.4 Å². The highest BCUT2D eigenvalue weighted by molar-refractivity contribution is 7.07. The fourth-order valence-corrected chi connectivity index (χ4v) is 7.20. The Kier molecular flexibility index (Phi) is 9.60. The van der Waals surface area contributed by atoms with Gasteiger partial charge in [0.15, 0.2) is 4.80 Å². The molecule has 1 amide bonds. The van der Waals surface area contributed by atoms with Gasteiger partial charge in [0.05, 0.1) is 49.8 Å². The van der Waals surface area contributed by atoms with E-state index in [1.165, 1.54) is 11.3 Å². The third-order valence-electron chi connectivity index (χ3n) is 8.40. The minimum atomic E-state index is -0.855. The number of benzene rings is 2. The maximum atomic E-state index is 14.4. The number of allylic oxidation sites excluding steroid dienone is 1. The van der Waals surface area contributed by atoms with Crippen LogP contribution in [0.4, 0.5) is 0 Å². The van der Waals surface area contributed by atoms with Gasteiger partial charge in [0.25, 0.3) is 5.56 Å². The standard InChI is InChI=1S/C35H38N4O7S/c1-5-9-26-31(34(42)46-6-2)32(25-19-23(43-3)12-13-28(25)44-4)39-33(41)29(47-35(39)36-26)18-22-20-38(27-11-8-7-10-24(22)27)21-30(40)37-14-16-45-17-15-37/h7-8,10-13,18-20,32H,5-6,9,14-17,21H2,1-4H3/b29-18-/t32-/m0/s1. The normalized spacial score (nSPS) is 16.6. The molecule has 0 bridgehead atoms. The number of esters is 1. The average molecular weight is 659 g/mol. The van der Waals surface area contributed by atoms with Crippen LogP contribution in [0.5, 0.6) is 11.5 Å². The molecule has 0 unspecified atom stereocenters. The number of hydrogen-bond donors (Lipinski definition) is 0. The molecule has 0 aliphatic carbocycles. The summed E-state index contributed by atoms with van der Waals surface area (Å²) in [5.41, 5.74) is 2.85. The predicted octanol–water partition coefficient (Wildman–Crippen LogP) is 3.41. The van der Waals surface area contributed by atoms with E-state index in [0.29, 0.717) is 70.4 Å². The molecule has 6 rings (SSSR count). The fraction of sp³-hybridized carbons (Fsp3) is 0.371. The van der Waals surface area contributed by atoms with Crippen LogP contribution in [0.2, 0.25) is 0 Å². The molecule has 2 aromatic carbocycles. The molecule has 47 heavy (non-hydrogen) atoms. The van der Waals surface area contributed by atoms with E-state index in [-0.39, 0.29) is 24.6 Å². The lowest BCUT2D eigenvalue weighted by Gasteiger charge is -2.27. The van der Waals surface area contributed by atoms with E-state index >= 15 is 0 Å². The van der Waals surface area contributed by atoms with Crippen molar-refractivity contribution in [1.29, 1.82) is 0 Å². The molecule has 2 aliphatic rings. The molecule has 1 fully saturated rings. The number of aromatic nitrogens is 2. The van der Waals surface area contributed by atoms with Gasteiger partial charge in [0.2, 0.25) is 5.91 Å². The molecule has 2 aliphatic heterocycles. The Labute approximate surface area is 275 Å². The van der Waals surface area contributed by atoms with Crippen molar-refractivity contribution in [2.45, 2.75) is 39.3 Å². The van der Waals surface area contributed by atoms with Gasteiger partial charge in [-0.25, -0.2) is 9.79 Å². The number of para-hydroxylation sites is 1. The van der Waals surface area contributed by atoms with E-state index < -0.39 is 12.0 Å². The Morgan fingerprint density at radius 2 is 1.87 bits per heavy atom. The van der Waals surface area contributed by atoms with Gasteiger partial charge in [-0.3, -0.25) is 14.2 Å². The smallest absolute Gasteiger partial charge is 0.338 e. The van der Waals surface area contributed by atoms with Gasteiger partial charge in [0.1, 0.15) is 24.1 Å². The second-order valence-corrected chi connectivity index (χ2v) is 12.3. The minimum Gasteiger partial charge on any atom is -0.497 e. The van der Waals surface area contributed by atoms with Crippen LogP contribution in [0.3, 0.4) is 0 Å². The number of fused-ring (bicyclic) bond motifs is 2. The van der Waals surface area contributed by atoms with Crippen molar-refractivity contribution in [2.75, 3.05) is 47.1 Å². The number of nitrogens with zero attached hydrogens (tertiary/aromatic N) is 4. The van der Waals surface area contributed by atoms with Crippen molar-refractivity contribution in [3.8, 4) is 11.5 Å². The SMILES string of the molecule is CCCC1=C(C(=O)OCC)[C@H](c2cc(OC)ccc2OC)n2c(s/c(=C\c3cn(CC(=O)N4CCOCC4)c4ccccc34)c2=O)=N1. The summed E-state index contributed by atoms with van der Waals surface area (Å²) in [5.74, 6) is 0.538. The van der Waals surface area contributed by atoms with E-state index in [9.17, 15) is 14.4 Å². The van der Waals surface area contributed by atoms with Crippen LogP contribution in [0.15, 0.2) is 69.7 Å². The number of carbonyl (C=O) groups excluding carboxylic acids is 2. The van der Waals surface area contributed by atoms with Crippen LogP contribution < -0.4 is 24.4 Å². The molecule has 1 atom stereocenters. The Bertz CT molecular complexity index is 2030. The zero-order valence-electron chi connectivity index (χ0n) is 27.0. The van der Waals surface area contributed by atoms with Crippen LogP contribution in [-0.4, -0.2) is 73.0 Å². The molecule has 2 aromatic heterocycles. The van der Waals surface area contributed by atoms with Crippen LogP contribution in [0.1, 0.15) is 43.9 Å². The van der Waals surface area contributed by atoms with E-state index in [1.54, 1.807) is 43.9 Å². The second-order valence-electron chi connectivity index (χ2n) is 11.2. The van der Waals surface area contributed by atoms with Gasteiger partial charge in [-0.15, -0.1) is 0 Å². The van der Waals surface area contributed by atoms with Crippen molar-refractivity contribution in [1.82, 2.24) is 14.0 Å². The molecule has 4 heterocycles. The molecule has 0 saturated carbocycles. The predicted molar refractivity (Wildman–Crippen MR) is 179 cm³/mol. The Morgan fingerprint density at radius 3 is 2.60 bits per heavy atom. The lowest BCUT2D eigenvalue weighted by atomic mass is 9.93. The lowest BCUT2D eigenvalue weighted by molar-refractivity contribution is -0.139. The number of rotatable bonds is 10. The van der Waals surface area contributed by atoms with Gasteiger partial charge in [-0.2, -0.15) is 0 Å². The van der Waals surface area contributed by atoms with Crippen molar-refractivity contribution >= 4 is 40.2 Å². The van der Waals surface area contributed by atoms with Crippen LogP contribution in [-0.2, 0) is 25.6 Å². The summed E-state index contributed by atoms with van der Waals surface area (Å²) >= 11 is 1.26. The summed E-state index contributed by atoms with van der Waals surface area (Å²) in [7, 11) is 3.11. The van der Waals surface area contributed by atoms with Crippen molar-refractivity contribution in [2.24, 2.45) is 4.99 Å². The summed E-state index contributed by atoms with van der Waals surface area (Å²) in [6.07, 6.45) is 5.01. The molecule has 0 radical (unpaired) electrons. The van der Waals surface area contributed by atoms with Gasteiger partial charge in [0, 0.05) is 41.3 Å². The Balaban J connectivity index is 1.53. The number of amides is 1. The summed E-state index contributed by atoms with van der Waals surface area (Å²) in [4.78, 5) is 48.4. The highest BCUT2D eigenvalue weighted by atomic mass is 32.1. The lowest BCUT2D eigenvalue weighted by Crippen LogP contribution is -2.42. The van der Waals surface area contributed by atoms with E-state index in [4.69, 9.17) is 23.9 Å². The molecule has 4 aromatic rings. The third-order valence-corrected chi connectivity index (χ3v) is 9.38. The zero-order valence-corrected chi connectivity index (χ0v) is 27.8.